The minimum atomic E-state index is -2.50. The van der Waals surface area contributed by atoms with Gasteiger partial charge in [-0.2, -0.15) is 0 Å². The second-order valence-corrected chi connectivity index (χ2v) is 4.20. The molecular weight excluding hydrogens is 236 g/mol. The van der Waals surface area contributed by atoms with Gasteiger partial charge in [-0.1, -0.05) is 36.4 Å². The van der Waals surface area contributed by atoms with Crippen LogP contribution >= 0.6 is 0 Å². The number of halogens is 2. The fraction of sp³-hybridized carbons (Fsp3) is 0.286. The third-order valence-corrected chi connectivity index (χ3v) is 2.75. The van der Waals surface area contributed by atoms with E-state index in [0.717, 1.165) is 16.3 Å². The van der Waals surface area contributed by atoms with E-state index < -0.39 is 13.0 Å². The molecule has 0 unspecified atom stereocenters. The van der Waals surface area contributed by atoms with Crippen LogP contribution in [0.1, 0.15) is 18.5 Å². The van der Waals surface area contributed by atoms with Crippen LogP contribution in [-0.4, -0.2) is 13.0 Å². The van der Waals surface area contributed by atoms with Gasteiger partial charge in [-0.15, -0.1) is 0 Å². The lowest BCUT2D eigenvalue weighted by Gasteiger charge is -2.16. The van der Waals surface area contributed by atoms with Gasteiger partial charge in [0.1, 0.15) is 12.4 Å². The summed E-state index contributed by atoms with van der Waals surface area (Å²) in [6, 6.07) is 11.0. The monoisotopic (exact) mass is 251 g/mol. The van der Waals surface area contributed by atoms with Gasteiger partial charge in [0.15, 0.2) is 0 Å². The molecule has 2 N–H and O–H groups in total. The Morgan fingerprint density at radius 2 is 1.89 bits per heavy atom. The van der Waals surface area contributed by atoms with Crippen molar-refractivity contribution >= 4 is 10.8 Å². The van der Waals surface area contributed by atoms with Crippen molar-refractivity contribution in [3.63, 3.8) is 0 Å². The summed E-state index contributed by atoms with van der Waals surface area (Å²) in [5.41, 5.74) is 6.59. The van der Waals surface area contributed by atoms with E-state index in [1.54, 1.807) is 6.92 Å². The second kappa shape index (κ2) is 5.31. The van der Waals surface area contributed by atoms with Crippen molar-refractivity contribution in [2.75, 3.05) is 6.61 Å². The standard InChI is InChI=1S/C14H15F2NO/c1-9(17)11-7-6-10-4-2-3-5-12(10)14(11)18-8-13(15)16/h2-7,9,13H,8,17H2,1H3/t9-/m0/s1. The largest absolute Gasteiger partial charge is 0.487 e. The minimum Gasteiger partial charge on any atom is -0.487 e. The number of benzene rings is 2. The molecule has 2 aromatic rings. The van der Waals surface area contributed by atoms with Crippen molar-refractivity contribution in [2.45, 2.75) is 19.4 Å². The molecule has 0 saturated carbocycles. The highest BCUT2D eigenvalue weighted by Gasteiger charge is 2.14. The van der Waals surface area contributed by atoms with E-state index in [1.807, 2.05) is 36.4 Å². The lowest BCUT2D eigenvalue weighted by Crippen LogP contribution is -2.12. The number of nitrogens with two attached hydrogens (primary N) is 1. The predicted octanol–water partition coefficient (Wildman–Crippen LogP) is 3.50. The van der Waals surface area contributed by atoms with Gasteiger partial charge >= 0.3 is 0 Å². The highest BCUT2D eigenvalue weighted by Crippen LogP contribution is 2.33. The molecule has 0 aliphatic rings. The van der Waals surface area contributed by atoms with Crippen LogP contribution in [0.25, 0.3) is 10.8 Å². The molecule has 2 aromatic carbocycles. The van der Waals surface area contributed by atoms with Crippen LogP contribution in [0.2, 0.25) is 0 Å². The summed E-state index contributed by atoms with van der Waals surface area (Å²) in [5.74, 6) is 0.461. The molecule has 0 aromatic heterocycles. The number of rotatable bonds is 4. The van der Waals surface area contributed by atoms with Crippen molar-refractivity contribution in [1.82, 2.24) is 0 Å². The van der Waals surface area contributed by atoms with Crippen LogP contribution in [0, 0.1) is 0 Å². The molecule has 0 radical (unpaired) electrons. The van der Waals surface area contributed by atoms with Gasteiger partial charge in [0.2, 0.25) is 0 Å². The summed E-state index contributed by atoms with van der Waals surface area (Å²) in [6.45, 7) is 1.19. The van der Waals surface area contributed by atoms with Crippen molar-refractivity contribution < 1.29 is 13.5 Å². The van der Waals surface area contributed by atoms with E-state index in [0.29, 0.717) is 5.75 Å². The first-order valence-electron chi connectivity index (χ1n) is 5.77. The summed E-state index contributed by atoms with van der Waals surface area (Å²) in [6.07, 6.45) is -2.50. The number of fused-ring (bicyclic) bond motifs is 1. The summed E-state index contributed by atoms with van der Waals surface area (Å²) >= 11 is 0. The Kier molecular flexibility index (Phi) is 3.77. The van der Waals surface area contributed by atoms with E-state index in [2.05, 4.69) is 0 Å². The summed E-state index contributed by atoms with van der Waals surface area (Å²) in [7, 11) is 0. The van der Waals surface area contributed by atoms with Crippen LogP contribution in [0.3, 0.4) is 0 Å². The molecule has 0 spiro atoms. The first-order chi connectivity index (χ1) is 8.59. The lowest BCUT2D eigenvalue weighted by molar-refractivity contribution is 0.0820. The van der Waals surface area contributed by atoms with E-state index in [1.165, 1.54) is 0 Å². The lowest BCUT2D eigenvalue weighted by atomic mass is 10.0. The molecule has 0 amide bonds. The van der Waals surface area contributed by atoms with E-state index >= 15 is 0 Å². The van der Waals surface area contributed by atoms with Gasteiger partial charge in [-0.25, -0.2) is 8.78 Å². The van der Waals surface area contributed by atoms with Gasteiger partial charge in [0, 0.05) is 17.0 Å². The first kappa shape index (κ1) is 12.8. The Morgan fingerprint density at radius 1 is 1.17 bits per heavy atom. The van der Waals surface area contributed by atoms with Crippen molar-refractivity contribution in [2.24, 2.45) is 5.73 Å². The first-order valence-corrected chi connectivity index (χ1v) is 5.77. The smallest absolute Gasteiger partial charge is 0.272 e. The second-order valence-electron chi connectivity index (χ2n) is 4.20. The van der Waals surface area contributed by atoms with E-state index in [4.69, 9.17) is 10.5 Å². The molecule has 4 heteroatoms. The molecule has 0 bridgehead atoms. The van der Waals surface area contributed by atoms with Crippen LogP contribution in [0.15, 0.2) is 36.4 Å². The zero-order chi connectivity index (χ0) is 13.1. The summed E-state index contributed by atoms with van der Waals surface area (Å²) < 4.78 is 29.8. The van der Waals surface area contributed by atoms with Crippen molar-refractivity contribution in [3.8, 4) is 5.75 Å². The van der Waals surface area contributed by atoms with Crippen LogP contribution in [0.5, 0.6) is 5.75 Å². The predicted molar refractivity (Wildman–Crippen MR) is 68.0 cm³/mol. The quantitative estimate of drug-likeness (QED) is 0.902. The minimum absolute atomic E-state index is 0.262. The maximum absolute atomic E-state index is 12.3. The normalized spacial score (nSPS) is 12.9. The molecule has 0 heterocycles. The highest BCUT2D eigenvalue weighted by atomic mass is 19.3. The Balaban J connectivity index is 2.52. The molecule has 2 rings (SSSR count). The van der Waals surface area contributed by atoms with Crippen molar-refractivity contribution in [1.29, 1.82) is 0 Å². The van der Waals surface area contributed by atoms with Gasteiger partial charge in [0.05, 0.1) is 0 Å². The zero-order valence-corrected chi connectivity index (χ0v) is 10.1. The summed E-state index contributed by atoms with van der Waals surface area (Å²) in [4.78, 5) is 0. The number of ether oxygens (including phenoxy) is 1. The van der Waals surface area contributed by atoms with Crippen LogP contribution < -0.4 is 10.5 Å². The third-order valence-electron chi connectivity index (χ3n) is 2.75. The fourth-order valence-corrected chi connectivity index (χ4v) is 1.93. The maximum atomic E-state index is 12.3. The molecule has 0 aliphatic carbocycles. The van der Waals surface area contributed by atoms with Crippen LogP contribution in [0.4, 0.5) is 8.78 Å². The SMILES string of the molecule is C[C@H](N)c1ccc2ccccc2c1OCC(F)F. The highest BCUT2D eigenvalue weighted by molar-refractivity contribution is 5.89. The molecule has 96 valence electrons. The third kappa shape index (κ3) is 2.59. The molecule has 2 nitrogen and oxygen atoms in total. The Labute approximate surface area is 104 Å². The zero-order valence-electron chi connectivity index (χ0n) is 10.1. The molecular formula is C14H15F2NO. The Morgan fingerprint density at radius 3 is 2.56 bits per heavy atom. The van der Waals surface area contributed by atoms with Crippen molar-refractivity contribution in [3.05, 3.63) is 42.0 Å². The average molecular weight is 251 g/mol. The summed E-state index contributed by atoms with van der Waals surface area (Å²) in [5, 5.41) is 1.76. The average Bonchev–Trinajstić information content (AvgIpc) is 2.35. The van der Waals surface area contributed by atoms with Gasteiger partial charge < -0.3 is 10.5 Å². The van der Waals surface area contributed by atoms with Gasteiger partial charge in [-0.05, 0) is 12.3 Å². The van der Waals surface area contributed by atoms with E-state index in [-0.39, 0.29) is 6.04 Å². The Hall–Kier alpha value is -1.68. The number of hydrogen-bond donors (Lipinski definition) is 1. The van der Waals surface area contributed by atoms with Gasteiger partial charge in [-0.3, -0.25) is 0 Å². The molecule has 18 heavy (non-hydrogen) atoms. The fourth-order valence-electron chi connectivity index (χ4n) is 1.93. The Bertz CT molecular complexity index is 540. The molecule has 1 atom stereocenters. The van der Waals surface area contributed by atoms with Gasteiger partial charge in [0.25, 0.3) is 6.43 Å². The number of hydrogen-bond acceptors (Lipinski definition) is 2. The topological polar surface area (TPSA) is 35.2 Å². The molecule has 0 aliphatic heterocycles. The maximum Gasteiger partial charge on any atom is 0.272 e. The molecule has 0 saturated heterocycles. The number of alkyl halides is 2. The molecule has 0 fully saturated rings. The van der Waals surface area contributed by atoms with Crippen LogP contribution in [-0.2, 0) is 0 Å². The van der Waals surface area contributed by atoms with E-state index in [9.17, 15) is 8.78 Å².